The first-order valence-electron chi connectivity index (χ1n) is 10.5. The van der Waals surface area contributed by atoms with Gasteiger partial charge in [-0.1, -0.05) is 30.3 Å². The number of aliphatic hydroxyl groups is 1. The number of morpholine rings is 1. The van der Waals surface area contributed by atoms with Crippen molar-refractivity contribution in [3.8, 4) is 0 Å². The maximum absolute atomic E-state index is 11.8. The monoisotopic (exact) mass is 411 g/mol. The van der Waals surface area contributed by atoms with Crippen LogP contribution in [0.1, 0.15) is 33.6 Å². The summed E-state index contributed by atoms with van der Waals surface area (Å²) in [6, 6.07) is 11.6. The summed E-state index contributed by atoms with van der Waals surface area (Å²) in [7, 11) is 0. The van der Waals surface area contributed by atoms with E-state index >= 15 is 0 Å². The van der Waals surface area contributed by atoms with E-state index in [0.717, 1.165) is 24.5 Å². The van der Waals surface area contributed by atoms with Crippen molar-refractivity contribution in [3.05, 3.63) is 58.8 Å². The largest absolute Gasteiger partial charge is 0.478 e. The van der Waals surface area contributed by atoms with Crippen molar-refractivity contribution in [3.63, 3.8) is 0 Å². The molecule has 2 aromatic rings. The number of aryl methyl sites for hydroxylation is 2. The van der Waals surface area contributed by atoms with Gasteiger partial charge in [0.15, 0.2) is 0 Å². The van der Waals surface area contributed by atoms with Gasteiger partial charge in [0.1, 0.15) is 11.4 Å². The van der Waals surface area contributed by atoms with Crippen LogP contribution in [0.15, 0.2) is 36.4 Å². The van der Waals surface area contributed by atoms with Gasteiger partial charge >= 0.3 is 5.97 Å². The van der Waals surface area contributed by atoms with Crippen LogP contribution in [0.2, 0.25) is 0 Å². The maximum atomic E-state index is 11.8. The van der Waals surface area contributed by atoms with E-state index in [4.69, 9.17) is 4.74 Å². The minimum Gasteiger partial charge on any atom is -0.478 e. The molecule has 0 bridgehead atoms. The molecule has 0 radical (unpaired) electrons. The van der Waals surface area contributed by atoms with Crippen LogP contribution in [0, 0.1) is 13.8 Å². The number of hydrogen-bond donors (Lipinski definition) is 2. The van der Waals surface area contributed by atoms with Crippen LogP contribution >= 0.6 is 0 Å². The van der Waals surface area contributed by atoms with E-state index in [9.17, 15) is 15.0 Å². The molecule has 4 rings (SSSR count). The van der Waals surface area contributed by atoms with E-state index in [1.54, 1.807) is 6.92 Å². The molecular formula is C23H29N3O4. The number of ether oxygens (including phenoxy) is 1. The zero-order chi connectivity index (χ0) is 21.3. The molecule has 0 spiro atoms. The van der Waals surface area contributed by atoms with Gasteiger partial charge in [-0.25, -0.2) is 9.78 Å². The molecule has 7 nitrogen and oxygen atoms in total. The number of anilines is 1. The summed E-state index contributed by atoms with van der Waals surface area (Å²) in [5.74, 6) is -0.185. The van der Waals surface area contributed by atoms with Crippen molar-refractivity contribution in [2.24, 2.45) is 0 Å². The lowest BCUT2D eigenvalue weighted by atomic mass is 9.79. The maximum Gasteiger partial charge on any atom is 0.337 e. The van der Waals surface area contributed by atoms with E-state index in [1.807, 2.05) is 43.3 Å². The van der Waals surface area contributed by atoms with Crippen molar-refractivity contribution in [1.82, 2.24) is 9.88 Å². The zero-order valence-electron chi connectivity index (χ0n) is 17.5. The Morgan fingerprint density at radius 1 is 1.17 bits per heavy atom. The van der Waals surface area contributed by atoms with Crippen molar-refractivity contribution in [2.45, 2.75) is 31.9 Å². The first kappa shape index (κ1) is 20.8. The van der Waals surface area contributed by atoms with Crippen molar-refractivity contribution >= 4 is 11.8 Å². The SMILES string of the molecule is Cc1cc(N2CC[C@](O)(c3ccccc3)[C@H](N3CCOCC3)C2)nc(C)c1C(=O)O. The molecule has 2 N–H and O–H groups in total. The summed E-state index contributed by atoms with van der Waals surface area (Å²) in [5, 5.41) is 21.3. The molecule has 2 aliphatic rings. The van der Waals surface area contributed by atoms with Crippen LogP contribution in [-0.2, 0) is 10.3 Å². The third-order valence-corrected chi connectivity index (χ3v) is 6.39. The number of piperidine rings is 1. The Hall–Kier alpha value is -2.48. The number of hydrogen-bond acceptors (Lipinski definition) is 6. The van der Waals surface area contributed by atoms with E-state index < -0.39 is 11.6 Å². The van der Waals surface area contributed by atoms with Gasteiger partial charge in [0.2, 0.25) is 0 Å². The van der Waals surface area contributed by atoms with E-state index in [2.05, 4.69) is 14.8 Å². The zero-order valence-corrected chi connectivity index (χ0v) is 17.5. The minimum absolute atomic E-state index is 0.112. The van der Waals surface area contributed by atoms with Crippen LogP contribution in [0.4, 0.5) is 5.82 Å². The molecule has 2 fully saturated rings. The average molecular weight is 412 g/mol. The Kier molecular flexibility index (Phi) is 5.77. The number of carboxylic acid groups (broad SMARTS) is 1. The summed E-state index contributed by atoms with van der Waals surface area (Å²) in [5.41, 5.74) is 1.46. The molecule has 7 heteroatoms. The van der Waals surface area contributed by atoms with Crippen LogP contribution < -0.4 is 4.90 Å². The second kappa shape index (κ2) is 8.34. The average Bonchev–Trinajstić information content (AvgIpc) is 2.74. The van der Waals surface area contributed by atoms with Crippen molar-refractivity contribution in [1.29, 1.82) is 0 Å². The van der Waals surface area contributed by atoms with Crippen LogP contribution in [0.3, 0.4) is 0 Å². The molecule has 1 aromatic carbocycles. The van der Waals surface area contributed by atoms with Crippen LogP contribution in [0.5, 0.6) is 0 Å². The van der Waals surface area contributed by atoms with Gasteiger partial charge in [0.25, 0.3) is 0 Å². The van der Waals surface area contributed by atoms with Crippen LogP contribution in [-0.4, -0.2) is 71.5 Å². The topological polar surface area (TPSA) is 86.1 Å². The summed E-state index contributed by atoms with van der Waals surface area (Å²) >= 11 is 0. The van der Waals surface area contributed by atoms with E-state index in [1.165, 1.54) is 0 Å². The van der Waals surface area contributed by atoms with E-state index in [-0.39, 0.29) is 11.6 Å². The molecule has 3 heterocycles. The summed E-state index contributed by atoms with van der Waals surface area (Å²) in [4.78, 5) is 20.6. The van der Waals surface area contributed by atoms with Crippen molar-refractivity contribution < 1.29 is 19.7 Å². The predicted molar refractivity (Wildman–Crippen MR) is 114 cm³/mol. The van der Waals surface area contributed by atoms with Gasteiger partial charge in [-0.15, -0.1) is 0 Å². The quantitative estimate of drug-likeness (QED) is 0.798. The number of pyridine rings is 1. The Morgan fingerprint density at radius 2 is 1.87 bits per heavy atom. The summed E-state index contributed by atoms with van der Waals surface area (Å²) in [6.07, 6.45) is 0.569. The predicted octanol–water partition coefficient (Wildman–Crippen LogP) is 2.20. The summed E-state index contributed by atoms with van der Waals surface area (Å²) < 4.78 is 5.54. The van der Waals surface area contributed by atoms with Crippen molar-refractivity contribution in [2.75, 3.05) is 44.3 Å². The second-order valence-electron chi connectivity index (χ2n) is 8.21. The Balaban J connectivity index is 1.67. The highest BCUT2D eigenvalue weighted by Gasteiger charge is 2.46. The molecule has 160 valence electrons. The molecule has 0 saturated carbocycles. The second-order valence-corrected chi connectivity index (χ2v) is 8.21. The molecule has 2 aliphatic heterocycles. The Morgan fingerprint density at radius 3 is 2.50 bits per heavy atom. The van der Waals surface area contributed by atoms with E-state index in [0.29, 0.717) is 44.0 Å². The lowest BCUT2D eigenvalue weighted by molar-refractivity contribution is -0.0911. The molecule has 2 atom stereocenters. The normalized spacial score (nSPS) is 25.3. The Bertz CT molecular complexity index is 891. The number of carbonyl (C=O) groups is 1. The number of aromatic carboxylic acids is 1. The highest BCUT2D eigenvalue weighted by atomic mass is 16.5. The van der Waals surface area contributed by atoms with Gasteiger partial charge in [-0.3, -0.25) is 4.90 Å². The van der Waals surface area contributed by atoms with Gasteiger partial charge in [-0.05, 0) is 37.5 Å². The lowest BCUT2D eigenvalue weighted by Crippen LogP contribution is -2.62. The highest BCUT2D eigenvalue weighted by molar-refractivity contribution is 5.90. The third-order valence-electron chi connectivity index (χ3n) is 6.39. The molecular weight excluding hydrogens is 382 g/mol. The first-order chi connectivity index (χ1) is 14.4. The van der Waals surface area contributed by atoms with Gasteiger partial charge in [-0.2, -0.15) is 0 Å². The fourth-order valence-electron chi connectivity index (χ4n) is 4.80. The molecule has 0 unspecified atom stereocenters. The summed E-state index contributed by atoms with van der Waals surface area (Å²) in [6.45, 7) is 7.67. The number of rotatable bonds is 4. The van der Waals surface area contributed by atoms with Gasteiger partial charge in [0, 0.05) is 26.2 Å². The van der Waals surface area contributed by atoms with Crippen LogP contribution in [0.25, 0.3) is 0 Å². The first-order valence-corrected chi connectivity index (χ1v) is 10.5. The van der Waals surface area contributed by atoms with Gasteiger partial charge in [0.05, 0.1) is 30.5 Å². The standard InChI is InChI=1S/C23H29N3O4/c1-16-14-20(24-17(2)21(16)22(27)28)26-9-8-23(29,18-6-4-3-5-7-18)19(15-26)25-10-12-30-13-11-25/h3-7,14,19,29H,8-13,15H2,1-2H3,(H,27,28)/t19-,23+/m1/s1. The molecule has 1 aromatic heterocycles. The number of carboxylic acids is 1. The molecule has 0 aliphatic carbocycles. The minimum atomic E-state index is -0.958. The fraction of sp³-hybridized carbons (Fsp3) is 0.478. The molecule has 30 heavy (non-hydrogen) atoms. The Labute approximate surface area is 176 Å². The van der Waals surface area contributed by atoms with Gasteiger partial charge < -0.3 is 19.8 Å². The fourth-order valence-corrected chi connectivity index (χ4v) is 4.80. The third kappa shape index (κ3) is 3.80. The smallest absolute Gasteiger partial charge is 0.337 e. The number of benzene rings is 1. The number of nitrogens with zero attached hydrogens (tertiary/aromatic N) is 3. The molecule has 0 amide bonds. The molecule has 2 saturated heterocycles. The highest BCUT2D eigenvalue weighted by Crippen LogP contribution is 2.37. The lowest BCUT2D eigenvalue weighted by Gasteiger charge is -2.50. The number of aromatic nitrogens is 1.